The van der Waals surface area contributed by atoms with Crippen molar-refractivity contribution in [1.29, 1.82) is 0 Å². The van der Waals surface area contributed by atoms with Crippen LogP contribution in [-0.4, -0.2) is 4.98 Å². The average molecular weight is 316 g/mol. The quantitative estimate of drug-likeness (QED) is 0.666. The molecule has 3 nitrogen and oxygen atoms in total. The lowest BCUT2D eigenvalue weighted by atomic mass is 10.0. The molecule has 6 heteroatoms. The summed E-state index contributed by atoms with van der Waals surface area (Å²) in [6.07, 6.45) is 0.746. The predicted octanol–water partition coefficient (Wildman–Crippen LogP) is 3.81. The number of nitrogens with one attached hydrogen (secondary N) is 1. The smallest absolute Gasteiger partial charge is 0.0900 e. The van der Waals surface area contributed by atoms with Crippen molar-refractivity contribution in [2.75, 3.05) is 0 Å². The van der Waals surface area contributed by atoms with E-state index in [9.17, 15) is 0 Å². The van der Waals surface area contributed by atoms with Gasteiger partial charge in [-0.15, -0.1) is 11.3 Å². The van der Waals surface area contributed by atoms with Crippen molar-refractivity contribution < 1.29 is 0 Å². The number of hydrazine groups is 1. The summed E-state index contributed by atoms with van der Waals surface area (Å²) < 4.78 is 0. The van der Waals surface area contributed by atoms with Gasteiger partial charge in [-0.3, -0.25) is 11.3 Å². The fraction of sp³-hybridized carbons (Fsp3) is 0.308. The molecule has 0 spiro atoms. The Labute approximate surface area is 126 Å². The van der Waals surface area contributed by atoms with E-state index in [-0.39, 0.29) is 6.04 Å². The van der Waals surface area contributed by atoms with Crippen LogP contribution in [0.25, 0.3) is 0 Å². The molecule has 2 rings (SSSR count). The fourth-order valence-electron chi connectivity index (χ4n) is 2.00. The SMILES string of the molecule is Cc1nc(C)c(C(Cc2ccc(Cl)c(Cl)c2)NN)s1. The largest absolute Gasteiger partial charge is 0.271 e. The van der Waals surface area contributed by atoms with Crippen LogP contribution in [0.15, 0.2) is 18.2 Å². The molecular formula is C13H15Cl2N3S. The standard InChI is InChI=1S/C13H15Cl2N3S/c1-7-13(19-8(2)17-7)12(18-16)6-9-3-4-10(14)11(15)5-9/h3-5,12,18H,6,16H2,1-2H3. The first-order valence-corrected chi connectivity index (χ1v) is 7.42. The minimum atomic E-state index is 0.0310. The molecule has 0 aliphatic carbocycles. The van der Waals surface area contributed by atoms with E-state index in [1.807, 2.05) is 26.0 Å². The maximum atomic E-state index is 6.03. The summed E-state index contributed by atoms with van der Waals surface area (Å²) in [6, 6.07) is 5.67. The lowest BCUT2D eigenvalue weighted by molar-refractivity contribution is 0.557. The Balaban J connectivity index is 2.23. The van der Waals surface area contributed by atoms with Crippen LogP contribution in [-0.2, 0) is 6.42 Å². The highest BCUT2D eigenvalue weighted by Gasteiger charge is 2.17. The molecule has 0 bridgehead atoms. The lowest BCUT2D eigenvalue weighted by Gasteiger charge is -2.15. The highest BCUT2D eigenvalue weighted by molar-refractivity contribution is 7.11. The average Bonchev–Trinajstić information content (AvgIpc) is 2.70. The van der Waals surface area contributed by atoms with Crippen molar-refractivity contribution >= 4 is 34.5 Å². The third-order valence-corrected chi connectivity index (χ3v) is 4.81. The highest BCUT2D eigenvalue weighted by atomic mass is 35.5. The molecule has 0 radical (unpaired) electrons. The summed E-state index contributed by atoms with van der Waals surface area (Å²) in [5.74, 6) is 5.67. The van der Waals surface area contributed by atoms with Crippen molar-refractivity contribution in [3.63, 3.8) is 0 Å². The van der Waals surface area contributed by atoms with Crippen LogP contribution in [0.3, 0.4) is 0 Å². The van der Waals surface area contributed by atoms with Gasteiger partial charge in [-0.2, -0.15) is 0 Å². The number of nitrogens with zero attached hydrogens (tertiary/aromatic N) is 1. The molecular weight excluding hydrogens is 301 g/mol. The number of hydrogen-bond donors (Lipinski definition) is 2. The Bertz CT molecular complexity index is 583. The first-order valence-electron chi connectivity index (χ1n) is 5.85. The van der Waals surface area contributed by atoms with E-state index in [4.69, 9.17) is 29.0 Å². The van der Waals surface area contributed by atoms with Gasteiger partial charge < -0.3 is 0 Å². The maximum absolute atomic E-state index is 6.03. The number of halogens is 2. The van der Waals surface area contributed by atoms with Gasteiger partial charge in [0.25, 0.3) is 0 Å². The minimum Gasteiger partial charge on any atom is -0.271 e. The minimum absolute atomic E-state index is 0.0310. The summed E-state index contributed by atoms with van der Waals surface area (Å²) >= 11 is 13.6. The van der Waals surface area contributed by atoms with Crippen LogP contribution < -0.4 is 11.3 Å². The second-order valence-corrected chi connectivity index (χ2v) is 6.40. The summed E-state index contributed by atoms with van der Waals surface area (Å²) in [4.78, 5) is 5.59. The number of aromatic nitrogens is 1. The van der Waals surface area contributed by atoms with Gasteiger partial charge in [0, 0.05) is 4.88 Å². The molecule has 0 saturated heterocycles. The molecule has 19 heavy (non-hydrogen) atoms. The van der Waals surface area contributed by atoms with Crippen LogP contribution in [0.5, 0.6) is 0 Å². The van der Waals surface area contributed by atoms with Crippen molar-refractivity contribution in [3.05, 3.63) is 49.4 Å². The van der Waals surface area contributed by atoms with Gasteiger partial charge >= 0.3 is 0 Å². The number of benzene rings is 1. The molecule has 1 unspecified atom stereocenters. The number of nitrogens with two attached hydrogens (primary N) is 1. The van der Waals surface area contributed by atoms with E-state index in [0.717, 1.165) is 27.6 Å². The number of aryl methyl sites for hydroxylation is 2. The predicted molar refractivity (Wildman–Crippen MR) is 81.8 cm³/mol. The summed E-state index contributed by atoms with van der Waals surface area (Å²) in [5, 5.41) is 2.17. The third-order valence-electron chi connectivity index (χ3n) is 2.88. The Morgan fingerprint density at radius 2 is 2.05 bits per heavy atom. The molecule has 0 amide bonds. The molecule has 3 N–H and O–H groups in total. The van der Waals surface area contributed by atoms with Gasteiger partial charge in [-0.05, 0) is 38.0 Å². The molecule has 1 aromatic heterocycles. The normalized spacial score (nSPS) is 12.7. The third kappa shape index (κ3) is 3.46. The molecule has 0 aliphatic heterocycles. The zero-order chi connectivity index (χ0) is 14.0. The van der Waals surface area contributed by atoms with Crippen LogP contribution in [0, 0.1) is 13.8 Å². The Hall–Kier alpha value is -0.650. The number of hydrogen-bond acceptors (Lipinski definition) is 4. The molecule has 102 valence electrons. The monoisotopic (exact) mass is 315 g/mol. The van der Waals surface area contributed by atoms with Gasteiger partial charge in [0.1, 0.15) is 0 Å². The van der Waals surface area contributed by atoms with Crippen LogP contribution >= 0.6 is 34.5 Å². The van der Waals surface area contributed by atoms with Gasteiger partial charge in [-0.1, -0.05) is 29.3 Å². The van der Waals surface area contributed by atoms with E-state index in [1.54, 1.807) is 17.4 Å². The van der Waals surface area contributed by atoms with E-state index in [2.05, 4.69) is 10.4 Å². The lowest BCUT2D eigenvalue weighted by Crippen LogP contribution is -2.29. The highest BCUT2D eigenvalue weighted by Crippen LogP contribution is 2.29. The maximum Gasteiger partial charge on any atom is 0.0900 e. The molecule has 0 aliphatic rings. The van der Waals surface area contributed by atoms with Crippen molar-refractivity contribution in [2.24, 2.45) is 5.84 Å². The topological polar surface area (TPSA) is 50.9 Å². The number of rotatable bonds is 4. The van der Waals surface area contributed by atoms with E-state index < -0.39 is 0 Å². The summed E-state index contributed by atoms with van der Waals surface area (Å²) in [5.41, 5.74) is 4.95. The molecule has 1 atom stereocenters. The first kappa shape index (κ1) is 14.8. The van der Waals surface area contributed by atoms with Crippen molar-refractivity contribution in [3.8, 4) is 0 Å². The van der Waals surface area contributed by atoms with Gasteiger partial charge in [-0.25, -0.2) is 4.98 Å². The zero-order valence-electron chi connectivity index (χ0n) is 10.7. The number of thiazole rings is 1. The zero-order valence-corrected chi connectivity index (χ0v) is 13.0. The molecule has 0 saturated carbocycles. The van der Waals surface area contributed by atoms with Crippen LogP contribution in [0.2, 0.25) is 10.0 Å². The first-order chi connectivity index (χ1) is 9.01. The van der Waals surface area contributed by atoms with Gasteiger partial charge in [0.15, 0.2) is 0 Å². The molecule has 2 aromatic rings. The second-order valence-electron chi connectivity index (χ2n) is 4.35. The van der Waals surface area contributed by atoms with E-state index >= 15 is 0 Å². The molecule has 1 aromatic carbocycles. The van der Waals surface area contributed by atoms with E-state index in [1.165, 1.54) is 0 Å². The van der Waals surface area contributed by atoms with Gasteiger partial charge in [0.05, 0.1) is 26.8 Å². The summed E-state index contributed by atoms with van der Waals surface area (Å²) in [7, 11) is 0. The molecule has 0 fully saturated rings. The molecule has 1 heterocycles. The Kier molecular flexibility index (Phi) is 4.81. The summed E-state index contributed by atoms with van der Waals surface area (Å²) in [6.45, 7) is 3.99. The van der Waals surface area contributed by atoms with E-state index in [0.29, 0.717) is 10.0 Å². The van der Waals surface area contributed by atoms with Crippen molar-refractivity contribution in [2.45, 2.75) is 26.3 Å². The van der Waals surface area contributed by atoms with Crippen molar-refractivity contribution in [1.82, 2.24) is 10.4 Å². The fourth-order valence-corrected chi connectivity index (χ4v) is 3.31. The van der Waals surface area contributed by atoms with Gasteiger partial charge in [0.2, 0.25) is 0 Å². The Morgan fingerprint density at radius 1 is 1.32 bits per heavy atom. The second kappa shape index (κ2) is 6.20. The Morgan fingerprint density at radius 3 is 2.58 bits per heavy atom. The van der Waals surface area contributed by atoms with Crippen LogP contribution in [0.1, 0.15) is 27.2 Å². The van der Waals surface area contributed by atoms with Crippen LogP contribution in [0.4, 0.5) is 0 Å².